The van der Waals surface area contributed by atoms with Crippen LogP contribution in [0.2, 0.25) is 5.02 Å². The van der Waals surface area contributed by atoms with Gasteiger partial charge in [-0.15, -0.1) is 0 Å². The molecule has 0 unspecified atom stereocenters. The van der Waals surface area contributed by atoms with Gasteiger partial charge >= 0.3 is 0 Å². The van der Waals surface area contributed by atoms with Crippen molar-refractivity contribution >= 4 is 23.3 Å². The van der Waals surface area contributed by atoms with Crippen LogP contribution < -0.4 is 10.6 Å². The van der Waals surface area contributed by atoms with Gasteiger partial charge in [-0.05, 0) is 19.1 Å². The number of nitrogens with zero attached hydrogens (tertiary/aromatic N) is 1. The van der Waals surface area contributed by atoms with Crippen molar-refractivity contribution in [3.05, 3.63) is 22.8 Å². The minimum atomic E-state index is -0.187. The summed E-state index contributed by atoms with van der Waals surface area (Å²) in [6.07, 6.45) is 0.452. The molecule has 4 nitrogen and oxygen atoms in total. The highest BCUT2D eigenvalue weighted by Gasteiger charge is 2.13. The molecule has 0 aromatic carbocycles. The maximum Gasteiger partial charge on any atom is 0.220 e. The van der Waals surface area contributed by atoms with E-state index < -0.39 is 0 Å². The topological polar surface area (TPSA) is 54.0 Å². The second-order valence-electron chi connectivity index (χ2n) is 3.46. The van der Waals surface area contributed by atoms with Gasteiger partial charge in [0.25, 0.3) is 0 Å². The van der Waals surface area contributed by atoms with Gasteiger partial charge in [-0.1, -0.05) is 18.5 Å². The highest BCUT2D eigenvalue weighted by atomic mass is 35.5. The molecule has 16 heavy (non-hydrogen) atoms. The Hall–Kier alpha value is -1.29. The smallest absolute Gasteiger partial charge is 0.220 e. The molecule has 0 saturated heterocycles. The van der Waals surface area contributed by atoms with Gasteiger partial charge in [0, 0.05) is 13.5 Å². The van der Waals surface area contributed by atoms with Crippen LogP contribution >= 0.6 is 11.6 Å². The van der Waals surface area contributed by atoms with Crippen LogP contribution in [0.25, 0.3) is 0 Å². The van der Waals surface area contributed by atoms with Gasteiger partial charge in [0.1, 0.15) is 5.82 Å². The van der Waals surface area contributed by atoms with Crippen molar-refractivity contribution in [2.45, 2.75) is 26.3 Å². The minimum Gasteiger partial charge on any atom is -0.373 e. The fraction of sp³-hybridized carbons (Fsp3) is 0.455. The maximum atomic E-state index is 11.3. The number of carbonyl (C=O) groups is 1. The molecule has 1 rings (SSSR count). The molecule has 1 atom stereocenters. The number of rotatable bonds is 4. The summed E-state index contributed by atoms with van der Waals surface area (Å²) in [5.74, 6) is 0.720. The van der Waals surface area contributed by atoms with Crippen molar-refractivity contribution < 1.29 is 4.79 Å². The third-order valence-electron chi connectivity index (χ3n) is 2.24. The van der Waals surface area contributed by atoms with Gasteiger partial charge in [0.2, 0.25) is 5.91 Å². The molecule has 0 aliphatic heterocycles. The largest absolute Gasteiger partial charge is 0.373 e. The van der Waals surface area contributed by atoms with Gasteiger partial charge in [0.15, 0.2) is 0 Å². The lowest BCUT2D eigenvalue weighted by Crippen LogP contribution is -2.26. The fourth-order valence-corrected chi connectivity index (χ4v) is 1.58. The Morgan fingerprint density at radius 2 is 2.25 bits per heavy atom. The Morgan fingerprint density at radius 3 is 2.81 bits per heavy atom. The summed E-state index contributed by atoms with van der Waals surface area (Å²) in [4.78, 5) is 15.6. The molecule has 1 aromatic heterocycles. The Morgan fingerprint density at radius 1 is 1.56 bits per heavy atom. The van der Waals surface area contributed by atoms with Crippen molar-refractivity contribution in [1.29, 1.82) is 0 Å². The van der Waals surface area contributed by atoms with Crippen molar-refractivity contribution in [2.24, 2.45) is 0 Å². The van der Waals surface area contributed by atoms with E-state index in [-0.39, 0.29) is 11.9 Å². The number of aromatic nitrogens is 1. The molecule has 88 valence electrons. The van der Waals surface area contributed by atoms with E-state index >= 15 is 0 Å². The number of hydrogen-bond acceptors (Lipinski definition) is 3. The predicted molar refractivity (Wildman–Crippen MR) is 65.6 cm³/mol. The van der Waals surface area contributed by atoms with Gasteiger partial charge in [-0.25, -0.2) is 4.98 Å². The molecule has 0 aliphatic rings. The number of anilines is 1. The normalized spacial score (nSPS) is 12.0. The average molecular weight is 242 g/mol. The fourth-order valence-electron chi connectivity index (χ4n) is 1.31. The molecular formula is C11H16ClN3O. The minimum absolute atomic E-state index is 0.0137. The molecule has 0 radical (unpaired) electrons. The summed E-state index contributed by atoms with van der Waals surface area (Å²) in [6, 6.07) is 3.37. The second kappa shape index (κ2) is 5.70. The summed E-state index contributed by atoms with van der Waals surface area (Å²) < 4.78 is 0. The van der Waals surface area contributed by atoms with E-state index in [1.54, 1.807) is 26.1 Å². The molecule has 0 fully saturated rings. The quantitative estimate of drug-likeness (QED) is 0.851. The Balaban J connectivity index is 2.88. The zero-order valence-electron chi connectivity index (χ0n) is 9.67. The van der Waals surface area contributed by atoms with E-state index in [0.717, 1.165) is 5.82 Å². The highest BCUT2D eigenvalue weighted by Crippen LogP contribution is 2.22. The molecule has 1 heterocycles. The van der Waals surface area contributed by atoms with Gasteiger partial charge in [-0.3, -0.25) is 4.79 Å². The molecular weight excluding hydrogens is 226 g/mol. The summed E-state index contributed by atoms with van der Waals surface area (Å²) in [6.45, 7) is 3.67. The summed E-state index contributed by atoms with van der Waals surface area (Å²) >= 11 is 6.03. The lowest BCUT2D eigenvalue weighted by atomic mass is 10.2. The first kappa shape index (κ1) is 12.8. The number of carbonyl (C=O) groups excluding carboxylic acids is 1. The molecule has 1 amide bonds. The Kier molecular flexibility index (Phi) is 4.55. The first-order valence-corrected chi connectivity index (χ1v) is 5.59. The van der Waals surface area contributed by atoms with Crippen LogP contribution in [0.1, 0.15) is 32.0 Å². The van der Waals surface area contributed by atoms with Crippen LogP contribution in [-0.4, -0.2) is 17.9 Å². The number of hydrogen-bond donors (Lipinski definition) is 2. The van der Waals surface area contributed by atoms with Crippen LogP contribution in [0.15, 0.2) is 12.1 Å². The van der Waals surface area contributed by atoms with E-state index in [1.165, 1.54) is 0 Å². The lowest BCUT2D eigenvalue weighted by Gasteiger charge is -2.15. The predicted octanol–water partition coefficient (Wildman–Crippen LogP) is 2.36. The number of amides is 1. The summed E-state index contributed by atoms with van der Waals surface area (Å²) in [5.41, 5.74) is 0.676. The Labute approximate surface area is 100 Å². The molecule has 1 aromatic rings. The third kappa shape index (κ3) is 3.10. The SMILES string of the molecule is CCC(=O)N[C@H](C)c1nc(NC)ccc1Cl. The van der Waals surface area contributed by atoms with Gasteiger partial charge < -0.3 is 10.6 Å². The number of nitrogens with one attached hydrogen (secondary N) is 2. The van der Waals surface area contributed by atoms with Crippen LogP contribution in [-0.2, 0) is 4.79 Å². The van der Waals surface area contributed by atoms with Crippen molar-refractivity contribution in [3.8, 4) is 0 Å². The summed E-state index contributed by atoms with van der Waals surface area (Å²) in [7, 11) is 1.79. The van der Waals surface area contributed by atoms with E-state index in [0.29, 0.717) is 17.1 Å². The molecule has 0 saturated carbocycles. The third-order valence-corrected chi connectivity index (χ3v) is 2.56. The van der Waals surface area contributed by atoms with Gasteiger partial charge in [-0.2, -0.15) is 0 Å². The van der Waals surface area contributed by atoms with E-state index in [2.05, 4.69) is 15.6 Å². The summed E-state index contributed by atoms with van der Waals surface area (Å²) in [5, 5.41) is 6.32. The van der Waals surface area contributed by atoms with E-state index in [9.17, 15) is 4.79 Å². The zero-order valence-corrected chi connectivity index (χ0v) is 10.4. The van der Waals surface area contributed by atoms with Crippen molar-refractivity contribution in [2.75, 3.05) is 12.4 Å². The molecule has 0 bridgehead atoms. The molecule has 2 N–H and O–H groups in total. The average Bonchev–Trinajstić information content (AvgIpc) is 2.29. The first-order valence-electron chi connectivity index (χ1n) is 5.22. The highest BCUT2D eigenvalue weighted by molar-refractivity contribution is 6.31. The Bertz CT molecular complexity index is 381. The van der Waals surface area contributed by atoms with Crippen molar-refractivity contribution in [3.63, 3.8) is 0 Å². The van der Waals surface area contributed by atoms with Crippen LogP contribution in [0.5, 0.6) is 0 Å². The monoisotopic (exact) mass is 241 g/mol. The van der Waals surface area contributed by atoms with Crippen LogP contribution in [0.3, 0.4) is 0 Å². The molecule has 0 aliphatic carbocycles. The van der Waals surface area contributed by atoms with Crippen LogP contribution in [0, 0.1) is 0 Å². The number of pyridine rings is 1. The van der Waals surface area contributed by atoms with Crippen LogP contribution in [0.4, 0.5) is 5.82 Å². The van der Waals surface area contributed by atoms with E-state index in [4.69, 9.17) is 11.6 Å². The first-order chi connectivity index (χ1) is 7.58. The molecule has 5 heteroatoms. The lowest BCUT2D eigenvalue weighted by molar-refractivity contribution is -0.121. The number of halogens is 1. The zero-order chi connectivity index (χ0) is 12.1. The van der Waals surface area contributed by atoms with Gasteiger partial charge in [0.05, 0.1) is 16.8 Å². The van der Waals surface area contributed by atoms with E-state index in [1.807, 2.05) is 6.92 Å². The molecule has 0 spiro atoms. The van der Waals surface area contributed by atoms with Crippen molar-refractivity contribution in [1.82, 2.24) is 10.3 Å². The maximum absolute atomic E-state index is 11.3. The second-order valence-corrected chi connectivity index (χ2v) is 3.86. The standard InChI is InChI=1S/C11H16ClN3O/c1-4-10(16)14-7(2)11-8(12)5-6-9(13-3)15-11/h5-7H,4H2,1-3H3,(H,13,15)(H,14,16)/t7-/m1/s1.